The molecule has 0 aliphatic rings. The fourth-order valence-corrected chi connectivity index (χ4v) is 1.95. The van der Waals surface area contributed by atoms with Gasteiger partial charge in [0.25, 0.3) is 5.91 Å². The van der Waals surface area contributed by atoms with Crippen LogP contribution in [-0.4, -0.2) is 23.2 Å². The summed E-state index contributed by atoms with van der Waals surface area (Å²) in [6, 6.07) is 10.1. The second-order valence-corrected chi connectivity index (χ2v) is 5.74. The van der Waals surface area contributed by atoms with Gasteiger partial charge in [0.1, 0.15) is 17.6 Å². The number of carbonyl (C=O) groups is 1. The van der Waals surface area contributed by atoms with Gasteiger partial charge in [0, 0.05) is 5.02 Å². The molecular weight excluding hydrogens is 306 g/mol. The average Bonchev–Trinajstić information content (AvgIpc) is 3.01. The lowest BCUT2D eigenvalue weighted by Crippen LogP contribution is -2.47. The van der Waals surface area contributed by atoms with Crippen molar-refractivity contribution in [1.29, 1.82) is 0 Å². The molecule has 2 aromatic rings. The minimum absolute atomic E-state index is 0.0414. The molecule has 1 atom stereocenters. The highest BCUT2D eigenvalue weighted by Crippen LogP contribution is 2.21. The van der Waals surface area contributed by atoms with E-state index in [4.69, 9.17) is 20.8 Å². The molecule has 0 radical (unpaired) electrons. The van der Waals surface area contributed by atoms with Gasteiger partial charge in [-0.3, -0.25) is 4.79 Å². The Morgan fingerprint density at radius 2 is 2.05 bits per heavy atom. The molecule has 1 heterocycles. The van der Waals surface area contributed by atoms with Gasteiger partial charge >= 0.3 is 0 Å². The number of furan rings is 1. The Hall–Kier alpha value is -1.98. The summed E-state index contributed by atoms with van der Waals surface area (Å²) < 4.78 is 10.7. The van der Waals surface area contributed by atoms with Crippen molar-refractivity contribution in [3.05, 3.63) is 53.4 Å². The number of benzene rings is 1. The molecule has 1 aromatic carbocycles. The number of rotatable bonds is 6. The van der Waals surface area contributed by atoms with Gasteiger partial charge < -0.3 is 19.6 Å². The molecular formula is C16H18ClNO4. The summed E-state index contributed by atoms with van der Waals surface area (Å²) in [6.45, 7) is 3.34. The first-order chi connectivity index (χ1) is 10.4. The Morgan fingerprint density at radius 3 is 2.64 bits per heavy atom. The van der Waals surface area contributed by atoms with E-state index in [0.29, 0.717) is 16.5 Å². The van der Waals surface area contributed by atoms with E-state index in [-0.39, 0.29) is 12.5 Å². The number of hydrogen-bond acceptors (Lipinski definition) is 4. The molecule has 0 spiro atoms. The molecule has 1 amide bonds. The zero-order chi connectivity index (χ0) is 16.2. The second kappa shape index (κ2) is 6.85. The summed E-state index contributed by atoms with van der Waals surface area (Å²) in [6.07, 6.45) is 0.568. The van der Waals surface area contributed by atoms with Crippen LogP contribution in [0, 0.1) is 0 Å². The minimum atomic E-state index is -1.09. The third-order valence-electron chi connectivity index (χ3n) is 3.06. The Labute approximate surface area is 133 Å². The fourth-order valence-electron chi connectivity index (χ4n) is 1.83. The van der Waals surface area contributed by atoms with Gasteiger partial charge in [0.05, 0.1) is 12.8 Å². The van der Waals surface area contributed by atoms with Gasteiger partial charge in [0.2, 0.25) is 0 Å². The summed E-state index contributed by atoms with van der Waals surface area (Å²) in [7, 11) is 0. The molecule has 22 heavy (non-hydrogen) atoms. The van der Waals surface area contributed by atoms with E-state index in [2.05, 4.69) is 5.32 Å². The van der Waals surface area contributed by atoms with Crippen LogP contribution in [0.1, 0.15) is 25.7 Å². The highest BCUT2D eigenvalue weighted by atomic mass is 35.5. The van der Waals surface area contributed by atoms with Crippen LogP contribution >= 0.6 is 11.6 Å². The maximum atomic E-state index is 12.2. The van der Waals surface area contributed by atoms with E-state index in [1.54, 1.807) is 50.2 Å². The number of halogens is 1. The molecule has 0 saturated heterocycles. The summed E-state index contributed by atoms with van der Waals surface area (Å²) in [5.41, 5.74) is -1.09. The van der Waals surface area contributed by atoms with E-state index in [1.165, 1.54) is 6.26 Å². The van der Waals surface area contributed by atoms with Crippen LogP contribution in [0.2, 0.25) is 5.02 Å². The SMILES string of the molecule is CC(C)(Oc1ccc(Cl)cc1)C(=O)NCC(O)c1ccco1. The number of nitrogens with one attached hydrogen (secondary N) is 1. The second-order valence-electron chi connectivity index (χ2n) is 5.31. The zero-order valence-corrected chi connectivity index (χ0v) is 13.1. The standard InChI is InChI=1S/C16H18ClNO4/c1-16(2,22-12-7-5-11(17)6-8-12)15(20)18-10-13(19)14-4-3-9-21-14/h3-9,13,19H,10H2,1-2H3,(H,18,20). The molecule has 5 nitrogen and oxygen atoms in total. The third kappa shape index (κ3) is 4.26. The lowest BCUT2D eigenvalue weighted by Gasteiger charge is -2.25. The molecule has 6 heteroatoms. The van der Waals surface area contributed by atoms with Gasteiger partial charge in [-0.15, -0.1) is 0 Å². The van der Waals surface area contributed by atoms with E-state index in [0.717, 1.165) is 0 Å². The Balaban J connectivity index is 1.91. The number of carbonyl (C=O) groups excluding carboxylic acids is 1. The molecule has 0 aliphatic carbocycles. The van der Waals surface area contributed by atoms with Crippen molar-refractivity contribution in [3.63, 3.8) is 0 Å². The van der Waals surface area contributed by atoms with Gasteiger partial charge in [0.15, 0.2) is 5.60 Å². The number of amides is 1. The highest BCUT2D eigenvalue weighted by Gasteiger charge is 2.30. The van der Waals surface area contributed by atoms with Crippen LogP contribution in [0.3, 0.4) is 0 Å². The molecule has 0 fully saturated rings. The zero-order valence-electron chi connectivity index (χ0n) is 12.4. The van der Waals surface area contributed by atoms with Crippen LogP contribution < -0.4 is 10.1 Å². The minimum Gasteiger partial charge on any atom is -0.478 e. The van der Waals surface area contributed by atoms with E-state index in [9.17, 15) is 9.90 Å². The molecule has 118 valence electrons. The van der Waals surface area contributed by atoms with Gasteiger partial charge in [-0.1, -0.05) is 11.6 Å². The largest absolute Gasteiger partial charge is 0.478 e. The number of ether oxygens (including phenoxy) is 1. The van der Waals surface area contributed by atoms with Crippen LogP contribution in [0.25, 0.3) is 0 Å². The van der Waals surface area contributed by atoms with Crippen LogP contribution in [0.15, 0.2) is 47.1 Å². The molecule has 0 aliphatic heterocycles. The monoisotopic (exact) mass is 323 g/mol. The molecule has 0 saturated carbocycles. The van der Waals surface area contributed by atoms with Crippen molar-refractivity contribution in [1.82, 2.24) is 5.32 Å². The first-order valence-corrected chi connectivity index (χ1v) is 7.20. The average molecular weight is 324 g/mol. The van der Waals surface area contributed by atoms with Crippen LogP contribution in [0.4, 0.5) is 0 Å². The third-order valence-corrected chi connectivity index (χ3v) is 3.31. The summed E-state index contributed by atoms with van der Waals surface area (Å²) in [4.78, 5) is 12.2. The topological polar surface area (TPSA) is 71.7 Å². The van der Waals surface area contributed by atoms with E-state index in [1.807, 2.05) is 0 Å². The smallest absolute Gasteiger partial charge is 0.263 e. The van der Waals surface area contributed by atoms with Gasteiger partial charge in [-0.05, 0) is 50.2 Å². The summed E-state index contributed by atoms with van der Waals surface area (Å²) in [5, 5.41) is 13.1. The molecule has 1 aromatic heterocycles. The maximum Gasteiger partial charge on any atom is 0.263 e. The first kappa shape index (κ1) is 16.4. The van der Waals surface area contributed by atoms with Crippen molar-refractivity contribution in [2.45, 2.75) is 25.6 Å². The van der Waals surface area contributed by atoms with Crippen molar-refractivity contribution >= 4 is 17.5 Å². The van der Waals surface area contributed by atoms with Crippen LogP contribution in [0.5, 0.6) is 5.75 Å². The molecule has 2 N–H and O–H groups in total. The lowest BCUT2D eigenvalue weighted by molar-refractivity contribution is -0.134. The Kier molecular flexibility index (Phi) is 5.11. The molecule has 2 rings (SSSR count). The van der Waals surface area contributed by atoms with Gasteiger partial charge in [-0.25, -0.2) is 0 Å². The van der Waals surface area contributed by atoms with Crippen molar-refractivity contribution in [3.8, 4) is 5.75 Å². The molecule has 1 unspecified atom stereocenters. The van der Waals surface area contributed by atoms with Crippen molar-refractivity contribution in [2.24, 2.45) is 0 Å². The number of aliphatic hydroxyl groups excluding tert-OH is 1. The van der Waals surface area contributed by atoms with E-state index >= 15 is 0 Å². The predicted octanol–water partition coefficient (Wildman–Crippen LogP) is 2.94. The van der Waals surface area contributed by atoms with Crippen LogP contribution in [-0.2, 0) is 4.79 Å². The lowest BCUT2D eigenvalue weighted by atomic mass is 10.1. The van der Waals surface area contributed by atoms with Crippen molar-refractivity contribution < 1.29 is 19.1 Å². The number of aliphatic hydroxyl groups is 1. The quantitative estimate of drug-likeness (QED) is 0.857. The maximum absolute atomic E-state index is 12.2. The fraction of sp³-hybridized carbons (Fsp3) is 0.312. The first-order valence-electron chi connectivity index (χ1n) is 6.83. The Bertz CT molecular complexity index is 608. The van der Waals surface area contributed by atoms with Crippen molar-refractivity contribution in [2.75, 3.05) is 6.54 Å². The number of hydrogen-bond donors (Lipinski definition) is 2. The summed E-state index contributed by atoms with van der Waals surface area (Å²) >= 11 is 5.81. The highest BCUT2D eigenvalue weighted by molar-refractivity contribution is 6.30. The normalized spacial score (nSPS) is 12.7. The predicted molar refractivity (Wildman–Crippen MR) is 82.8 cm³/mol. The molecule has 0 bridgehead atoms. The van der Waals surface area contributed by atoms with E-state index < -0.39 is 11.7 Å². The summed E-state index contributed by atoms with van der Waals surface area (Å²) in [5.74, 6) is 0.598. The Morgan fingerprint density at radius 1 is 1.36 bits per heavy atom. The van der Waals surface area contributed by atoms with Gasteiger partial charge in [-0.2, -0.15) is 0 Å².